The van der Waals surface area contributed by atoms with Crippen molar-refractivity contribution in [2.45, 2.75) is 32.9 Å². The van der Waals surface area contributed by atoms with Gasteiger partial charge in [0.2, 0.25) is 0 Å². The summed E-state index contributed by atoms with van der Waals surface area (Å²) >= 11 is 0. The molecule has 1 aromatic rings. The SMILES string of the molecule is Cc1cc(C(C)[N-]CC(=O)O)c(O)c(C(C)[N-]CC(=O)O)c1.[Fe+4].[Fe+4]. The first-order valence-electron chi connectivity index (χ1n) is 6.82. The molecule has 1 rings (SSSR count). The first-order chi connectivity index (χ1) is 10.2. The molecule has 0 aliphatic carbocycles. The van der Waals surface area contributed by atoms with Gasteiger partial charge in [0, 0.05) is 0 Å². The van der Waals surface area contributed by atoms with Gasteiger partial charge in [-0.2, -0.15) is 0 Å². The van der Waals surface area contributed by atoms with Gasteiger partial charge in [-0.25, -0.2) is 0 Å². The Bertz CT molecular complexity index is 524. The summed E-state index contributed by atoms with van der Waals surface area (Å²) in [5, 5.41) is 35.7. The van der Waals surface area contributed by atoms with Crippen LogP contribution in [0.5, 0.6) is 5.75 Å². The molecule has 0 bridgehead atoms. The van der Waals surface area contributed by atoms with Crippen molar-refractivity contribution in [3.05, 3.63) is 39.5 Å². The Balaban J connectivity index is 0. The predicted molar refractivity (Wildman–Crippen MR) is 81.4 cm³/mol. The van der Waals surface area contributed by atoms with Crippen LogP contribution in [0, 0.1) is 6.92 Å². The monoisotopic (exact) mass is 420 g/mol. The number of aryl methyl sites for hydroxylation is 1. The summed E-state index contributed by atoms with van der Waals surface area (Å²) in [7, 11) is 0. The van der Waals surface area contributed by atoms with Crippen LogP contribution in [-0.4, -0.2) is 40.3 Å². The van der Waals surface area contributed by atoms with Crippen molar-refractivity contribution in [3.63, 3.8) is 0 Å². The number of carbonyl (C=O) groups is 2. The van der Waals surface area contributed by atoms with E-state index in [1.54, 1.807) is 26.0 Å². The van der Waals surface area contributed by atoms with Gasteiger partial charge in [-0.15, -0.1) is 12.1 Å². The molecule has 0 spiro atoms. The Labute approximate surface area is 162 Å². The van der Waals surface area contributed by atoms with Gasteiger partial charge in [0.05, 0.1) is 0 Å². The number of nitrogens with zero attached hydrogens (tertiary/aromatic N) is 2. The number of hydrogen-bond donors (Lipinski definition) is 3. The molecule has 7 nitrogen and oxygen atoms in total. The van der Waals surface area contributed by atoms with Crippen molar-refractivity contribution in [2.24, 2.45) is 0 Å². The smallest absolute Gasteiger partial charge is 0.647 e. The van der Waals surface area contributed by atoms with Gasteiger partial charge in [0.25, 0.3) is 11.9 Å². The largest absolute Gasteiger partial charge is 4.00 e. The van der Waals surface area contributed by atoms with E-state index in [-0.39, 0.29) is 53.0 Å². The number of hydrogen-bond acceptors (Lipinski definition) is 3. The van der Waals surface area contributed by atoms with E-state index < -0.39 is 24.0 Å². The normalized spacial score (nSPS) is 12.5. The fourth-order valence-corrected chi connectivity index (χ4v) is 2.10. The number of carboxylic acids is 2. The van der Waals surface area contributed by atoms with Crippen LogP contribution >= 0.6 is 0 Å². The summed E-state index contributed by atoms with van der Waals surface area (Å²) in [6, 6.07) is 2.50. The summed E-state index contributed by atoms with van der Waals surface area (Å²) in [6.45, 7) is 4.53. The minimum atomic E-state index is -1.04. The average Bonchev–Trinajstić information content (AvgIpc) is 2.44. The standard InChI is InChI=1S/C15H20N2O5.2Fe/c1-8-4-11(9(2)16-6-13(18)19)15(22)12(5-8)10(3)17-7-14(20)21;;/h4-5,9-10,22H,6-7H2,1-3H3,(H,18,19)(H,20,21);;/q-2;2*+4. The molecule has 0 fully saturated rings. The van der Waals surface area contributed by atoms with Crippen LogP contribution in [0.25, 0.3) is 10.6 Å². The van der Waals surface area contributed by atoms with Crippen LogP contribution in [0.3, 0.4) is 0 Å². The van der Waals surface area contributed by atoms with Crippen LogP contribution < -0.4 is 0 Å². The van der Waals surface area contributed by atoms with E-state index >= 15 is 0 Å². The van der Waals surface area contributed by atoms with Crippen molar-refractivity contribution < 1.29 is 59.0 Å². The third-order valence-corrected chi connectivity index (χ3v) is 3.21. The molecule has 0 radical (unpaired) electrons. The second-order valence-corrected chi connectivity index (χ2v) is 5.11. The molecule has 0 heterocycles. The first kappa shape index (κ1) is 25.2. The quantitative estimate of drug-likeness (QED) is 0.559. The minimum Gasteiger partial charge on any atom is -0.647 e. The summed E-state index contributed by atoms with van der Waals surface area (Å²) < 4.78 is 0. The van der Waals surface area contributed by atoms with Gasteiger partial charge in [-0.05, 0) is 31.1 Å². The maximum Gasteiger partial charge on any atom is 4.00 e. The third-order valence-electron chi connectivity index (χ3n) is 3.21. The minimum absolute atomic E-state index is 0. The first-order valence-corrected chi connectivity index (χ1v) is 6.82. The van der Waals surface area contributed by atoms with Crippen molar-refractivity contribution >= 4 is 11.9 Å². The van der Waals surface area contributed by atoms with Gasteiger partial charge in [-0.3, -0.25) is 9.59 Å². The number of aliphatic carboxylic acids is 2. The maximum absolute atomic E-state index is 10.6. The summed E-state index contributed by atoms with van der Waals surface area (Å²) in [6.07, 6.45) is 0. The number of rotatable bonds is 8. The molecule has 0 aliphatic rings. The van der Waals surface area contributed by atoms with E-state index in [0.717, 1.165) is 5.56 Å². The predicted octanol–water partition coefficient (Wildman–Crippen LogP) is 2.73. The fourth-order valence-electron chi connectivity index (χ4n) is 2.10. The number of phenols is 1. The zero-order chi connectivity index (χ0) is 16.9. The zero-order valence-corrected chi connectivity index (χ0v) is 15.7. The molecule has 1 aromatic carbocycles. The number of carboxylic acid groups (broad SMARTS) is 2. The molecule has 2 unspecified atom stereocenters. The van der Waals surface area contributed by atoms with Crippen molar-refractivity contribution in [1.82, 2.24) is 0 Å². The molecule has 0 saturated carbocycles. The third kappa shape index (κ3) is 7.66. The van der Waals surface area contributed by atoms with Gasteiger partial charge in [-0.1, -0.05) is 31.5 Å². The Kier molecular flexibility index (Phi) is 12.0. The zero-order valence-electron chi connectivity index (χ0n) is 13.5. The van der Waals surface area contributed by atoms with Crippen molar-refractivity contribution in [3.8, 4) is 5.75 Å². The van der Waals surface area contributed by atoms with E-state index in [0.29, 0.717) is 11.1 Å². The van der Waals surface area contributed by atoms with Gasteiger partial charge < -0.3 is 26.0 Å². The van der Waals surface area contributed by atoms with E-state index in [1.807, 2.05) is 6.92 Å². The molecular weight excluding hydrogens is 400 g/mol. The van der Waals surface area contributed by atoms with E-state index in [9.17, 15) is 14.7 Å². The fraction of sp³-hybridized carbons (Fsp3) is 0.467. The van der Waals surface area contributed by atoms with Gasteiger partial charge >= 0.3 is 34.1 Å². The maximum atomic E-state index is 10.6. The molecule has 0 aliphatic heterocycles. The molecule has 0 aromatic heterocycles. The molecule has 24 heavy (non-hydrogen) atoms. The van der Waals surface area contributed by atoms with Gasteiger partial charge in [0.1, 0.15) is 5.75 Å². The number of benzene rings is 1. The van der Waals surface area contributed by atoms with E-state index in [1.165, 1.54) is 0 Å². The molecule has 2 atom stereocenters. The average molecular weight is 420 g/mol. The Morgan fingerprint density at radius 1 is 0.958 bits per heavy atom. The Morgan fingerprint density at radius 2 is 1.29 bits per heavy atom. The number of aromatic hydroxyl groups is 1. The van der Waals surface area contributed by atoms with E-state index in [2.05, 4.69) is 10.6 Å². The summed E-state index contributed by atoms with van der Waals surface area (Å²) in [5.74, 6) is -2.10. The number of phenolic OH excluding ortho intramolecular Hbond substituents is 1. The Hall–Kier alpha value is -1.08. The summed E-state index contributed by atoms with van der Waals surface area (Å²) in [4.78, 5) is 21.2. The van der Waals surface area contributed by atoms with E-state index in [4.69, 9.17) is 10.2 Å². The van der Waals surface area contributed by atoms with Crippen LogP contribution in [0.2, 0.25) is 0 Å². The topological polar surface area (TPSA) is 123 Å². The van der Waals surface area contributed by atoms with Crippen LogP contribution in [-0.2, 0) is 43.7 Å². The second kappa shape index (κ2) is 11.5. The van der Waals surface area contributed by atoms with Gasteiger partial charge in [0.15, 0.2) is 0 Å². The van der Waals surface area contributed by atoms with Crippen LogP contribution in [0.1, 0.15) is 42.6 Å². The Morgan fingerprint density at radius 3 is 1.58 bits per heavy atom. The van der Waals surface area contributed by atoms with Crippen molar-refractivity contribution in [2.75, 3.05) is 13.1 Å². The molecule has 3 N–H and O–H groups in total. The second-order valence-electron chi connectivity index (χ2n) is 5.11. The molecule has 9 heteroatoms. The molecule has 0 saturated heterocycles. The summed E-state index contributed by atoms with van der Waals surface area (Å²) in [5.41, 5.74) is 1.87. The van der Waals surface area contributed by atoms with Crippen LogP contribution in [0.15, 0.2) is 12.1 Å². The van der Waals surface area contributed by atoms with Crippen LogP contribution in [0.4, 0.5) is 0 Å². The molecular formula is C15H20Fe2N2O5+6. The molecule has 0 amide bonds. The van der Waals surface area contributed by atoms with Crippen molar-refractivity contribution in [1.29, 1.82) is 0 Å². The molecule has 130 valence electrons.